The van der Waals surface area contributed by atoms with Gasteiger partial charge in [0.15, 0.2) is 5.82 Å². The Morgan fingerprint density at radius 1 is 1.45 bits per heavy atom. The molecule has 0 bridgehead atoms. The molecule has 0 amide bonds. The first-order valence-electron chi connectivity index (χ1n) is 4.32. The maximum atomic E-state index is 4.42. The lowest BCUT2D eigenvalue weighted by Gasteiger charge is -2.09. The van der Waals surface area contributed by atoms with Gasteiger partial charge in [0.1, 0.15) is 5.82 Å². The van der Waals surface area contributed by atoms with Gasteiger partial charge in [-0.05, 0) is 12.8 Å². The summed E-state index contributed by atoms with van der Waals surface area (Å²) in [6.45, 7) is 3.17. The normalized spacial score (nSPS) is 16.5. The Labute approximate surface area is 66.4 Å². The highest BCUT2D eigenvalue weighted by molar-refractivity contribution is 4.95. The van der Waals surface area contributed by atoms with E-state index >= 15 is 0 Å². The topological polar surface area (TPSA) is 30.7 Å². The van der Waals surface area contributed by atoms with Crippen molar-refractivity contribution in [3.63, 3.8) is 0 Å². The SMILES string of the molecule is CCc1nc2n(n1)CCCC2. The molecule has 11 heavy (non-hydrogen) atoms. The van der Waals surface area contributed by atoms with Gasteiger partial charge in [-0.25, -0.2) is 9.67 Å². The largest absolute Gasteiger partial charge is 0.250 e. The zero-order valence-electron chi connectivity index (χ0n) is 6.88. The molecular formula is C8H13N3. The fourth-order valence-electron chi connectivity index (χ4n) is 1.48. The van der Waals surface area contributed by atoms with Gasteiger partial charge in [-0.2, -0.15) is 5.10 Å². The number of rotatable bonds is 1. The van der Waals surface area contributed by atoms with Crippen LogP contribution in [-0.2, 0) is 19.4 Å². The minimum atomic E-state index is 0.958. The van der Waals surface area contributed by atoms with Gasteiger partial charge in [0.05, 0.1) is 0 Å². The second kappa shape index (κ2) is 2.64. The number of nitrogens with zero attached hydrogens (tertiary/aromatic N) is 3. The lowest BCUT2D eigenvalue weighted by molar-refractivity contribution is 0.478. The van der Waals surface area contributed by atoms with E-state index in [1.807, 2.05) is 0 Å². The van der Waals surface area contributed by atoms with E-state index in [2.05, 4.69) is 21.7 Å². The predicted molar refractivity (Wildman–Crippen MR) is 42.3 cm³/mol. The number of fused-ring (bicyclic) bond motifs is 1. The molecule has 0 spiro atoms. The molecule has 3 nitrogen and oxygen atoms in total. The number of hydrogen-bond donors (Lipinski definition) is 0. The average molecular weight is 151 g/mol. The van der Waals surface area contributed by atoms with E-state index in [1.54, 1.807) is 0 Å². The average Bonchev–Trinajstić information content (AvgIpc) is 2.46. The summed E-state index contributed by atoms with van der Waals surface area (Å²) in [6, 6.07) is 0. The molecule has 0 saturated heterocycles. The van der Waals surface area contributed by atoms with E-state index < -0.39 is 0 Å². The van der Waals surface area contributed by atoms with E-state index in [-0.39, 0.29) is 0 Å². The van der Waals surface area contributed by atoms with Gasteiger partial charge in [0, 0.05) is 19.4 Å². The molecule has 0 fully saturated rings. The molecule has 0 atom stereocenters. The third-order valence-corrected chi connectivity index (χ3v) is 2.13. The van der Waals surface area contributed by atoms with Crippen LogP contribution in [0.4, 0.5) is 0 Å². The van der Waals surface area contributed by atoms with E-state index in [0.29, 0.717) is 0 Å². The van der Waals surface area contributed by atoms with Crippen LogP contribution < -0.4 is 0 Å². The number of aryl methyl sites for hydroxylation is 3. The second-order valence-corrected chi connectivity index (χ2v) is 2.98. The van der Waals surface area contributed by atoms with Crippen molar-refractivity contribution in [3.05, 3.63) is 11.6 Å². The highest BCUT2D eigenvalue weighted by atomic mass is 15.3. The van der Waals surface area contributed by atoms with Crippen molar-refractivity contribution in [2.75, 3.05) is 0 Å². The van der Waals surface area contributed by atoms with Gasteiger partial charge >= 0.3 is 0 Å². The van der Waals surface area contributed by atoms with E-state index in [0.717, 1.165) is 25.2 Å². The molecule has 0 unspecified atom stereocenters. The van der Waals surface area contributed by atoms with Gasteiger partial charge in [0.2, 0.25) is 0 Å². The van der Waals surface area contributed by atoms with Gasteiger partial charge in [0.25, 0.3) is 0 Å². The van der Waals surface area contributed by atoms with Crippen LogP contribution in [0.3, 0.4) is 0 Å². The first-order valence-corrected chi connectivity index (χ1v) is 4.32. The molecule has 1 aromatic heterocycles. The first kappa shape index (κ1) is 6.83. The standard InChI is InChI=1S/C8H13N3/c1-2-7-9-8-5-3-4-6-11(8)10-7/h2-6H2,1H3. The van der Waals surface area contributed by atoms with E-state index in [4.69, 9.17) is 0 Å². The summed E-state index contributed by atoms with van der Waals surface area (Å²) in [6.07, 6.45) is 4.62. The Bertz CT molecular complexity index is 228. The van der Waals surface area contributed by atoms with Crippen molar-refractivity contribution >= 4 is 0 Å². The molecule has 0 aromatic carbocycles. The Morgan fingerprint density at radius 2 is 2.36 bits per heavy atom. The maximum Gasteiger partial charge on any atom is 0.150 e. The molecule has 1 aliphatic heterocycles. The Hall–Kier alpha value is -0.860. The van der Waals surface area contributed by atoms with Crippen LogP contribution in [0.15, 0.2) is 0 Å². The monoisotopic (exact) mass is 151 g/mol. The van der Waals surface area contributed by atoms with Crippen LogP contribution in [0.2, 0.25) is 0 Å². The van der Waals surface area contributed by atoms with Crippen molar-refractivity contribution in [2.45, 2.75) is 39.2 Å². The molecule has 0 radical (unpaired) electrons. The summed E-state index contributed by atoms with van der Waals surface area (Å²) < 4.78 is 2.06. The summed E-state index contributed by atoms with van der Waals surface area (Å²) in [4.78, 5) is 4.42. The molecule has 1 aromatic rings. The van der Waals surface area contributed by atoms with Gasteiger partial charge in [-0.3, -0.25) is 0 Å². The second-order valence-electron chi connectivity index (χ2n) is 2.98. The predicted octanol–water partition coefficient (Wildman–Crippen LogP) is 1.18. The molecule has 2 heterocycles. The summed E-state index contributed by atoms with van der Waals surface area (Å²) in [5.74, 6) is 2.19. The zero-order chi connectivity index (χ0) is 7.68. The molecule has 0 aliphatic carbocycles. The van der Waals surface area contributed by atoms with Crippen molar-refractivity contribution in [3.8, 4) is 0 Å². The van der Waals surface area contributed by atoms with Crippen LogP contribution in [-0.4, -0.2) is 14.8 Å². The minimum absolute atomic E-state index is 0.958. The fraction of sp³-hybridized carbons (Fsp3) is 0.750. The molecule has 0 N–H and O–H groups in total. The maximum absolute atomic E-state index is 4.42. The Morgan fingerprint density at radius 3 is 3.09 bits per heavy atom. The molecule has 2 rings (SSSR count). The fourth-order valence-corrected chi connectivity index (χ4v) is 1.48. The van der Waals surface area contributed by atoms with Crippen molar-refractivity contribution < 1.29 is 0 Å². The quantitative estimate of drug-likeness (QED) is 0.603. The molecule has 0 saturated carbocycles. The van der Waals surface area contributed by atoms with Gasteiger partial charge in [-0.15, -0.1) is 0 Å². The molecule has 1 aliphatic rings. The summed E-state index contributed by atoms with van der Waals surface area (Å²) in [7, 11) is 0. The van der Waals surface area contributed by atoms with Crippen molar-refractivity contribution in [2.24, 2.45) is 0 Å². The smallest absolute Gasteiger partial charge is 0.150 e. The highest BCUT2D eigenvalue weighted by Crippen LogP contribution is 2.11. The van der Waals surface area contributed by atoms with E-state index in [9.17, 15) is 0 Å². The van der Waals surface area contributed by atoms with Crippen LogP contribution >= 0.6 is 0 Å². The lowest BCUT2D eigenvalue weighted by Crippen LogP contribution is -2.11. The van der Waals surface area contributed by atoms with Crippen molar-refractivity contribution in [1.29, 1.82) is 0 Å². The van der Waals surface area contributed by atoms with Gasteiger partial charge < -0.3 is 0 Å². The van der Waals surface area contributed by atoms with Crippen LogP contribution in [0.1, 0.15) is 31.4 Å². The Kier molecular flexibility index (Phi) is 1.64. The third kappa shape index (κ3) is 1.15. The van der Waals surface area contributed by atoms with Crippen LogP contribution in [0.25, 0.3) is 0 Å². The Balaban J connectivity index is 2.32. The third-order valence-electron chi connectivity index (χ3n) is 2.13. The lowest BCUT2D eigenvalue weighted by atomic mass is 10.2. The molecule has 60 valence electrons. The highest BCUT2D eigenvalue weighted by Gasteiger charge is 2.11. The summed E-state index contributed by atoms with van der Waals surface area (Å²) >= 11 is 0. The van der Waals surface area contributed by atoms with E-state index in [1.165, 1.54) is 18.7 Å². The molecular weight excluding hydrogens is 138 g/mol. The van der Waals surface area contributed by atoms with Crippen LogP contribution in [0, 0.1) is 0 Å². The summed E-state index contributed by atoms with van der Waals surface area (Å²) in [5, 5.41) is 4.37. The minimum Gasteiger partial charge on any atom is -0.250 e. The van der Waals surface area contributed by atoms with Crippen molar-refractivity contribution in [1.82, 2.24) is 14.8 Å². The zero-order valence-corrected chi connectivity index (χ0v) is 6.88. The summed E-state index contributed by atoms with van der Waals surface area (Å²) in [5.41, 5.74) is 0. The number of aromatic nitrogens is 3. The van der Waals surface area contributed by atoms with Crippen LogP contribution in [0.5, 0.6) is 0 Å². The number of hydrogen-bond acceptors (Lipinski definition) is 2. The van der Waals surface area contributed by atoms with Gasteiger partial charge in [-0.1, -0.05) is 6.92 Å². The molecule has 3 heteroatoms. The first-order chi connectivity index (χ1) is 5.40.